The van der Waals surface area contributed by atoms with Crippen molar-refractivity contribution in [2.45, 2.75) is 89.1 Å². The van der Waals surface area contributed by atoms with E-state index in [9.17, 15) is 29.4 Å². The average molecular weight is 719 g/mol. The molecule has 0 amide bonds. The molecule has 15 heteroatoms. The van der Waals surface area contributed by atoms with E-state index in [0.717, 1.165) is 0 Å². The van der Waals surface area contributed by atoms with Crippen molar-refractivity contribution in [2.75, 3.05) is 19.8 Å². The Kier molecular flexibility index (Phi) is 11.2. The van der Waals surface area contributed by atoms with Crippen LogP contribution >= 0.6 is 0 Å². The van der Waals surface area contributed by atoms with Crippen molar-refractivity contribution in [1.29, 1.82) is 0 Å². The minimum atomic E-state index is -2.11. The van der Waals surface area contributed by atoms with E-state index in [2.05, 4.69) is 4.84 Å². The lowest BCUT2D eigenvalue weighted by Crippen LogP contribution is -2.69. The zero-order chi connectivity index (χ0) is 37.4. The Morgan fingerprint density at radius 1 is 1.08 bits per heavy atom. The molecule has 14 nitrogen and oxygen atoms in total. The maximum Gasteiger partial charge on any atom is 0.514 e. The van der Waals surface area contributed by atoms with Crippen LogP contribution in [0.1, 0.15) is 64.9 Å². The van der Waals surface area contributed by atoms with Crippen molar-refractivity contribution >= 4 is 23.7 Å². The van der Waals surface area contributed by atoms with Gasteiger partial charge in [0.25, 0.3) is 0 Å². The Bertz CT molecular complexity index is 1570. The number of unbranched alkanes of at least 4 members (excludes halogenated alkanes) is 1. The molecule has 3 fully saturated rings. The lowest BCUT2D eigenvalue weighted by molar-refractivity contribution is -0.492. The third-order valence-corrected chi connectivity index (χ3v) is 11.8. The zero-order valence-electron chi connectivity index (χ0n) is 29.0. The maximum absolute atomic E-state index is 17.4. The Morgan fingerprint density at radius 2 is 1.76 bits per heavy atom. The van der Waals surface area contributed by atoms with E-state index in [1.54, 1.807) is 39.0 Å². The van der Waals surface area contributed by atoms with E-state index in [-0.39, 0.29) is 37.6 Å². The number of ether oxygens (including phenoxy) is 3. The molecule has 0 saturated heterocycles. The number of aliphatic hydroxyl groups is 2. The van der Waals surface area contributed by atoms with E-state index in [1.807, 2.05) is 0 Å². The first kappa shape index (κ1) is 38.7. The van der Waals surface area contributed by atoms with Gasteiger partial charge in [-0.1, -0.05) is 37.6 Å². The second kappa shape index (κ2) is 14.8. The number of aliphatic hydroxyl groups excluding tert-OH is 1. The van der Waals surface area contributed by atoms with E-state index < -0.39 is 81.9 Å². The summed E-state index contributed by atoms with van der Waals surface area (Å²) in [4.78, 5) is 55.0. The molecular formula is C36H47FN2O12. The maximum atomic E-state index is 17.4. The molecule has 9 atom stereocenters. The molecule has 1 aromatic carbocycles. The average Bonchev–Trinajstić information content (AvgIpc) is 3.28. The molecule has 0 aromatic heterocycles. The molecule has 280 valence electrons. The molecule has 0 bridgehead atoms. The van der Waals surface area contributed by atoms with Gasteiger partial charge in [0.1, 0.15) is 17.4 Å². The number of ketones is 2. The van der Waals surface area contributed by atoms with Gasteiger partial charge in [-0.25, -0.2) is 9.18 Å². The monoisotopic (exact) mass is 718 g/mol. The van der Waals surface area contributed by atoms with E-state index in [4.69, 9.17) is 30.4 Å². The minimum absolute atomic E-state index is 0.0205. The molecule has 6 N–H and O–H groups in total. The Labute approximate surface area is 294 Å². The van der Waals surface area contributed by atoms with Crippen molar-refractivity contribution in [3.05, 3.63) is 53.6 Å². The second-order valence-electron chi connectivity index (χ2n) is 14.6. The van der Waals surface area contributed by atoms with Crippen LogP contribution in [0, 0.1) is 28.6 Å². The van der Waals surface area contributed by atoms with E-state index in [1.165, 1.54) is 24.3 Å². The van der Waals surface area contributed by atoms with Crippen LogP contribution in [-0.2, 0) is 35.1 Å². The number of halogens is 1. The summed E-state index contributed by atoms with van der Waals surface area (Å²) in [5, 5.41) is 40.1. The highest BCUT2D eigenvalue weighted by atomic mass is 19.1. The number of nitrogens with zero attached hydrogens (tertiary/aromatic N) is 1. The summed E-state index contributed by atoms with van der Waals surface area (Å²) in [6, 6.07) is 5.12. The van der Waals surface area contributed by atoms with Gasteiger partial charge < -0.3 is 30.2 Å². The van der Waals surface area contributed by atoms with Gasteiger partial charge in [0.05, 0.1) is 24.7 Å². The van der Waals surface area contributed by atoms with Crippen LogP contribution < -0.4 is 10.5 Å². The number of carbonyl (C=O) groups excluding carboxylic acids is 4. The third-order valence-electron chi connectivity index (χ3n) is 11.8. The number of carbonyl (C=O) groups is 4. The Balaban J connectivity index is 1.15. The predicted octanol–water partition coefficient (Wildman–Crippen LogP) is 3.32. The lowest BCUT2D eigenvalue weighted by Gasteiger charge is -2.62. The van der Waals surface area contributed by atoms with Crippen LogP contribution in [0.4, 0.5) is 9.18 Å². The molecule has 0 spiro atoms. The van der Waals surface area contributed by atoms with Gasteiger partial charge in [0, 0.05) is 16.7 Å². The van der Waals surface area contributed by atoms with Crippen LogP contribution in [0.15, 0.2) is 48.1 Å². The largest absolute Gasteiger partial charge is 0.514 e. The highest BCUT2D eigenvalue weighted by molar-refractivity contribution is 6.01. The summed E-state index contributed by atoms with van der Waals surface area (Å²) < 4.78 is 32.8. The van der Waals surface area contributed by atoms with E-state index in [0.29, 0.717) is 43.2 Å². The lowest BCUT2D eigenvalue weighted by atomic mass is 9.44. The first-order valence-corrected chi connectivity index (χ1v) is 17.2. The first-order chi connectivity index (χ1) is 24.0. The zero-order valence-corrected chi connectivity index (χ0v) is 29.0. The molecule has 51 heavy (non-hydrogen) atoms. The molecule has 5 rings (SSSR count). The quantitative estimate of drug-likeness (QED) is 0.0857. The number of alkyl halides is 1. The summed E-state index contributed by atoms with van der Waals surface area (Å²) >= 11 is 0. The predicted molar refractivity (Wildman–Crippen MR) is 175 cm³/mol. The fourth-order valence-electron chi connectivity index (χ4n) is 9.16. The number of Topliss-reactive ketones (excluding diaryl/α,β-unsaturated/α-hetero) is 1. The van der Waals surface area contributed by atoms with Crippen LogP contribution in [0.25, 0.3) is 0 Å². The fourth-order valence-corrected chi connectivity index (χ4v) is 9.16. The third kappa shape index (κ3) is 7.00. The number of benzene rings is 1. The molecule has 3 saturated carbocycles. The van der Waals surface area contributed by atoms with Gasteiger partial charge >= 0.3 is 12.1 Å². The molecule has 0 radical (unpaired) electrons. The summed E-state index contributed by atoms with van der Waals surface area (Å²) in [5.41, 5.74) is 0.672. The van der Waals surface area contributed by atoms with Crippen LogP contribution in [0.2, 0.25) is 0 Å². The number of hydrogen-bond acceptors (Lipinski definition) is 14. The Morgan fingerprint density at radius 3 is 2.45 bits per heavy atom. The smallest absolute Gasteiger partial charge is 0.465 e. The minimum Gasteiger partial charge on any atom is -0.465 e. The van der Waals surface area contributed by atoms with Gasteiger partial charge in [0.15, 0.2) is 18.1 Å². The number of hydrogen-bond donors (Lipinski definition) is 5. The molecule has 0 heterocycles. The van der Waals surface area contributed by atoms with Crippen LogP contribution in [0.5, 0.6) is 5.75 Å². The van der Waals surface area contributed by atoms with Gasteiger partial charge in [-0.3, -0.25) is 29.6 Å². The van der Waals surface area contributed by atoms with Crippen molar-refractivity contribution in [3.63, 3.8) is 0 Å². The molecular weight excluding hydrogens is 671 g/mol. The molecule has 4 aliphatic carbocycles. The highest BCUT2D eigenvalue weighted by Gasteiger charge is 2.75. The van der Waals surface area contributed by atoms with Crippen molar-refractivity contribution in [3.8, 4) is 5.75 Å². The summed E-state index contributed by atoms with van der Waals surface area (Å²) in [7, 11) is 0. The number of rotatable bonds is 13. The second-order valence-corrected chi connectivity index (χ2v) is 14.6. The van der Waals surface area contributed by atoms with Crippen LogP contribution in [0.3, 0.4) is 0 Å². The van der Waals surface area contributed by atoms with Crippen molar-refractivity contribution < 1.29 is 63.2 Å². The molecule has 1 aromatic rings. The standard InChI is InChI=1S/C36H47FN2O12/c1-21-16-27-26-11-8-23-18-24(40)12-13-33(23,2)35(26,37)29(41)19-34(27,3)36(21,45)30(42)20-49-32(44)51-25-9-6-22(7-10-25)17-28(38)31(43)48-14-4-5-15-50-39(46)47/h6-7,9-10,12-13,18,21,26-29,41,45-47H,4-5,8,11,14-17,19-20,38H2,1-3H3/t21-,26+,27+,28+,29+,33+,34+,35+,36+/m1/s1. The highest BCUT2D eigenvalue weighted by Crippen LogP contribution is 2.70. The number of nitrogens with two attached hydrogens (primary N) is 1. The van der Waals surface area contributed by atoms with Gasteiger partial charge in [-0.2, -0.15) is 0 Å². The summed E-state index contributed by atoms with van der Waals surface area (Å²) in [6.45, 7) is 4.39. The normalized spacial score (nSPS) is 34.5. The number of esters is 1. The van der Waals surface area contributed by atoms with Gasteiger partial charge in [0.2, 0.25) is 5.78 Å². The van der Waals surface area contributed by atoms with Gasteiger partial charge in [-0.05, 0) is 93.6 Å². The SMILES string of the molecule is C[C@@H]1C[C@H]2[C@@H]3CCC4=CC(=O)C=C[C@]4(C)[C@@]3(F)[C@@H](O)C[C@]2(C)[C@@]1(O)C(=O)COC(=O)Oc1ccc(C[C@H](N)C(=O)OCCCCON(O)O)cc1. The number of fused-ring (bicyclic) bond motifs is 5. The van der Waals surface area contributed by atoms with Crippen molar-refractivity contribution in [2.24, 2.45) is 34.3 Å². The van der Waals surface area contributed by atoms with E-state index >= 15 is 4.39 Å². The molecule has 0 aliphatic heterocycles. The number of allylic oxidation sites excluding steroid dienone is 4. The molecule has 4 aliphatic rings. The fraction of sp³-hybridized carbons (Fsp3) is 0.611. The topological polar surface area (TPSA) is 215 Å². The van der Waals surface area contributed by atoms with Crippen molar-refractivity contribution in [1.82, 2.24) is 5.39 Å². The summed E-state index contributed by atoms with van der Waals surface area (Å²) in [5.74, 6) is -3.31. The van der Waals surface area contributed by atoms with Gasteiger partial charge in [-0.15, -0.1) is 0 Å². The first-order valence-electron chi connectivity index (χ1n) is 17.2. The summed E-state index contributed by atoms with van der Waals surface area (Å²) in [6.07, 6.45) is 3.49. The van der Waals surface area contributed by atoms with Crippen LogP contribution in [-0.4, -0.2) is 92.9 Å². The Hall–Kier alpha value is -3.57. The molecule has 0 unspecified atom stereocenters.